The Kier molecular flexibility index (Phi) is 4.69. The predicted octanol–water partition coefficient (Wildman–Crippen LogP) is 3.01. The van der Waals surface area contributed by atoms with Gasteiger partial charge in [-0.3, -0.25) is 14.6 Å². The highest BCUT2D eigenvalue weighted by atomic mass is 16.2. The number of rotatable bonds is 6. The highest BCUT2D eigenvalue weighted by Gasteiger charge is 2.33. The van der Waals surface area contributed by atoms with Crippen LogP contribution in [-0.4, -0.2) is 39.2 Å². The normalized spacial score (nSPS) is 16.8. The third-order valence-electron chi connectivity index (χ3n) is 5.05. The summed E-state index contributed by atoms with van der Waals surface area (Å²) in [6.45, 7) is 2.01. The van der Waals surface area contributed by atoms with E-state index in [-0.39, 0.29) is 11.8 Å². The second-order valence-corrected chi connectivity index (χ2v) is 7.10. The first-order chi connectivity index (χ1) is 12.7. The van der Waals surface area contributed by atoms with Crippen molar-refractivity contribution in [2.75, 3.05) is 6.54 Å². The van der Waals surface area contributed by atoms with Crippen LogP contribution in [0.25, 0.3) is 0 Å². The molecule has 1 saturated carbocycles. The van der Waals surface area contributed by atoms with E-state index in [4.69, 9.17) is 0 Å². The van der Waals surface area contributed by atoms with Crippen LogP contribution in [0.1, 0.15) is 47.3 Å². The Morgan fingerprint density at radius 1 is 1.15 bits per heavy atom. The lowest BCUT2D eigenvalue weighted by atomic mass is 10.1. The summed E-state index contributed by atoms with van der Waals surface area (Å²) >= 11 is 0. The molecule has 2 heterocycles. The average molecular weight is 349 g/mol. The van der Waals surface area contributed by atoms with Crippen molar-refractivity contribution in [1.82, 2.24) is 14.8 Å². The lowest BCUT2D eigenvalue weighted by molar-refractivity contribution is -0.128. The van der Waals surface area contributed by atoms with E-state index in [1.54, 1.807) is 6.20 Å². The molecule has 1 aliphatic carbocycles. The van der Waals surface area contributed by atoms with Crippen LogP contribution in [0.3, 0.4) is 0 Å². The average Bonchev–Trinajstić information content (AvgIpc) is 3.44. The maximum Gasteiger partial charge on any atom is 0.254 e. The van der Waals surface area contributed by atoms with E-state index < -0.39 is 0 Å². The summed E-state index contributed by atoms with van der Waals surface area (Å²) in [6, 6.07) is 13.8. The summed E-state index contributed by atoms with van der Waals surface area (Å²) in [5.41, 5.74) is 2.68. The SMILES string of the molecule is O=C1CCCN1Cc1ccc(C(=O)N(Cc2ccccn2)C2CC2)cc1. The van der Waals surface area contributed by atoms with E-state index in [9.17, 15) is 9.59 Å². The molecule has 0 atom stereocenters. The Hall–Kier alpha value is -2.69. The Morgan fingerprint density at radius 2 is 1.96 bits per heavy atom. The van der Waals surface area contributed by atoms with Gasteiger partial charge in [0.1, 0.15) is 0 Å². The van der Waals surface area contributed by atoms with Gasteiger partial charge in [-0.05, 0) is 49.1 Å². The molecule has 0 bridgehead atoms. The number of likely N-dealkylation sites (tertiary alicyclic amines) is 1. The number of hydrogen-bond donors (Lipinski definition) is 0. The monoisotopic (exact) mass is 349 g/mol. The van der Waals surface area contributed by atoms with Crippen LogP contribution in [0, 0.1) is 0 Å². The van der Waals surface area contributed by atoms with Crippen molar-refractivity contribution in [3.63, 3.8) is 0 Å². The smallest absolute Gasteiger partial charge is 0.254 e. The molecule has 26 heavy (non-hydrogen) atoms. The van der Waals surface area contributed by atoms with Crippen molar-refractivity contribution >= 4 is 11.8 Å². The molecule has 0 radical (unpaired) electrons. The summed E-state index contributed by atoms with van der Waals surface area (Å²) in [6.07, 6.45) is 5.49. The van der Waals surface area contributed by atoms with Crippen molar-refractivity contribution in [3.8, 4) is 0 Å². The lowest BCUT2D eigenvalue weighted by Crippen LogP contribution is -2.33. The first-order valence-corrected chi connectivity index (χ1v) is 9.28. The molecule has 2 fully saturated rings. The van der Waals surface area contributed by atoms with Gasteiger partial charge in [-0.15, -0.1) is 0 Å². The zero-order valence-electron chi connectivity index (χ0n) is 14.8. The number of amides is 2. The van der Waals surface area contributed by atoms with Gasteiger partial charge in [-0.25, -0.2) is 0 Å². The topological polar surface area (TPSA) is 53.5 Å². The van der Waals surface area contributed by atoms with Gasteiger partial charge in [0.2, 0.25) is 5.91 Å². The van der Waals surface area contributed by atoms with Crippen LogP contribution in [0.2, 0.25) is 0 Å². The van der Waals surface area contributed by atoms with Gasteiger partial charge in [0.15, 0.2) is 0 Å². The fourth-order valence-electron chi connectivity index (χ4n) is 3.43. The van der Waals surface area contributed by atoms with Crippen LogP contribution in [0.4, 0.5) is 0 Å². The van der Waals surface area contributed by atoms with Crippen molar-refractivity contribution < 1.29 is 9.59 Å². The zero-order chi connectivity index (χ0) is 17.9. The van der Waals surface area contributed by atoms with Crippen LogP contribution in [0.15, 0.2) is 48.7 Å². The molecule has 5 nitrogen and oxygen atoms in total. The number of aromatic nitrogens is 1. The van der Waals surface area contributed by atoms with Gasteiger partial charge in [0.05, 0.1) is 12.2 Å². The molecule has 5 heteroatoms. The quantitative estimate of drug-likeness (QED) is 0.805. The maximum absolute atomic E-state index is 13.0. The van der Waals surface area contributed by atoms with Crippen LogP contribution in [0.5, 0.6) is 0 Å². The molecule has 4 rings (SSSR count). The zero-order valence-corrected chi connectivity index (χ0v) is 14.8. The molecule has 2 aromatic rings. The maximum atomic E-state index is 13.0. The van der Waals surface area contributed by atoms with E-state index in [2.05, 4.69) is 4.98 Å². The van der Waals surface area contributed by atoms with Gasteiger partial charge >= 0.3 is 0 Å². The molecule has 0 N–H and O–H groups in total. The highest BCUT2D eigenvalue weighted by molar-refractivity contribution is 5.94. The number of carbonyl (C=O) groups is 2. The Morgan fingerprint density at radius 3 is 2.58 bits per heavy atom. The molecule has 1 saturated heterocycles. The van der Waals surface area contributed by atoms with Gasteiger partial charge in [-0.1, -0.05) is 18.2 Å². The minimum Gasteiger partial charge on any atom is -0.338 e. The Bertz CT molecular complexity index is 785. The Labute approximate surface area is 153 Å². The van der Waals surface area contributed by atoms with Crippen LogP contribution in [-0.2, 0) is 17.9 Å². The summed E-state index contributed by atoms with van der Waals surface area (Å²) in [4.78, 5) is 32.9. The molecular weight excluding hydrogens is 326 g/mol. The van der Waals surface area contributed by atoms with E-state index in [1.165, 1.54) is 0 Å². The molecule has 134 valence electrons. The number of nitrogens with zero attached hydrogens (tertiary/aromatic N) is 3. The highest BCUT2D eigenvalue weighted by Crippen LogP contribution is 2.29. The van der Waals surface area contributed by atoms with Gasteiger partial charge in [0.25, 0.3) is 5.91 Å². The van der Waals surface area contributed by atoms with Gasteiger partial charge in [0, 0.05) is 37.3 Å². The number of hydrogen-bond acceptors (Lipinski definition) is 3. The summed E-state index contributed by atoms with van der Waals surface area (Å²) in [7, 11) is 0. The van der Waals surface area contributed by atoms with Crippen LogP contribution >= 0.6 is 0 Å². The fraction of sp³-hybridized carbons (Fsp3) is 0.381. The lowest BCUT2D eigenvalue weighted by Gasteiger charge is -2.22. The van der Waals surface area contributed by atoms with Crippen molar-refractivity contribution in [2.24, 2.45) is 0 Å². The van der Waals surface area contributed by atoms with Crippen molar-refractivity contribution in [2.45, 2.75) is 44.8 Å². The third kappa shape index (κ3) is 3.77. The second kappa shape index (κ2) is 7.28. The van der Waals surface area contributed by atoms with Crippen molar-refractivity contribution in [1.29, 1.82) is 0 Å². The predicted molar refractivity (Wildman–Crippen MR) is 98.2 cm³/mol. The minimum atomic E-state index is 0.0574. The standard InChI is InChI=1S/C21H23N3O2/c25-20-5-3-13-23(20)14-16-6-8-17(9-7-16)21(26)24(19-10-11-19)15-18-4-1-2-12-22-18/h1-2,4,6-9,12,19H,3,5,10-11,13-15H2. The summed E-state index contributed by atoms with van der Waals surface area (Å²) in [5, 5.41) is 0. The molecule has 0 unspecified atom stereocenters. The number of carbonyl (C=O) groups excluding carboxylic acids is 2. The second-order valence-electron chi connectivity index (χ2n) is 7.10. The molecule has 2 aliphatic rings. The first kappa shape index (κ1) is 16.8. The van der Waals surface area contributed by atoms with Gasteiger partial charge in [-0.2, -0.15) is 0 Å². The van der Waals surface area contributed by atoms with E-state index >= 15 is 0 Å². The van der Waals surface area contributed by atoms with E-state index in [0.717, 1.165) is 37.1 Å². The van der Waals surface area contributed by atoms with E-state index in [1.807, 2.05) is 52.3 Å². The number of benzene rings is 1. The van der Waals surface area contributed by atoms with E-state index in [0.29, 0.717) is 31.1 Å². The van der Waals surface area contributed by atoms with Gasteiger partial charge < -0.3 is 9.80 Å². The fourth-order valence-corrected chi connectivity index (χ4v) is 3.43. The minimum absolute atomic E-state index is 0.0574. The van der Waals surface area contributed by atoms with Crippen molar-refractivity contribution in [3.05, 3.63) is 65.5 Å². The summed E-state index contributed by atoms with van der Waals surface area (Å²) in [5.74, 6) is 0.280. The molecular formula is C21H23N3O2. The molecule has 1 aromatic heterocycles. The summed E-state index contributed by atoms with van der Waals surface area (Å²) < 4.78 is 0. The Balaban J connectivity index is 1.45. The molecule has 1 aromatic carbocycles. The molecule has 2 amide bonds. The van der Waals surface area contributed by atoms with Crippen LogP contribution < -0.4 is 0 Å². The molecule has 0 spiro atoms. The largest absolute Gasteiger partial charge is 0.338 e. The third-order valence-corrected chi connectivity index (χ3v) is 5.05. The number of pyridine rings is 1. The first-order valence-electron chi connectivity index (χ1n) is 9.28. The molecule has 1 aliphatic heterocycles.